The predicted octanol–water partition coefficient (Wildman–Crippen LogP) is 1.30. The van der Waals surface area contributed by atoms with Crippen LogP contribution in [0, 0.1) is 0 Å². The van der Waals surface area contributed by atoms with Crippen molar-refractivity contribution in [3.8, 4) is 0 Å². The van der Waals surface area contributed by atoms with Crippen LogP contribution in [0.5, 0.6) is 0 Å². The zero-order valence-electron chi connectivity index (χ0n) is 10.3. The summed E-state index contributed by atoms with van der Waals surface area (Å²) in [5.74, 6) is 0.571. The molecule has 2 N–H and O–H groups in total. The van der Waals surface area contributed by atoms with Crippen molar-refractivity contribution < 1.29 is 4.79 Å². The van der Waals surface area contributed by atoms with Crippen LogP contribution in [0.1, 0.15) is 17.2 Å². The summed E-state index contributed by atoms with van der Waals surface area (Å²) in [6.07, 6.45) is 4.95. The number of hydrogen-bond donors (Lipinski definition) is 2. The zero-order valence-corrected chi connectivity index (χ0v) is 10.3. The highest BCUT2D eigenvalue weighted by atomic mass is 16.1. The lowest BCUT2D eigenvalue weighted by atomic mass is 10.1. The number of rotatable bonds is 4. The molecule has 96 valence electrons. The lowest BCUT2D eigenvalue weighted by Gasteiger charge is -2.21. The molecule has 19 heavy (non-hydrogen) atoms. The number of nitrogens with zero attached hydrogens (tertiary/aromatic N) is 2. The zero-order chi connectivity index (χ0) is 13.1. The van der Waals surface area contributed by atoms with Gasteiger partial charge in [-0.3, -0.25) is 4.79 Å². The summed E-state index contributed by atoms with van der Waals surface area (Å²) in [6.45, 7) is 0. The van der Waals surface area contributed by atoms with E-state index in [2.05, 4.69) is 32.7 Å². The number of nitrogens with one attached hydrogen (secondary N) is 2. The van der Waals surface area contributed by atoms with Crippen molar-refractivity contribution in [1.29, 1.82) is 0 Å². The van der Waals surface area contributed by atoms with E-state index in [0.29, 0.717) is 5.95 Å². The Hall–Kier alpha value is -2.43. The SMILES string of the molecule is O=CN[C@H]1Cc2ccccc2C1Nc1ncccn1. The maximum atomic E-state index is 10.7. The van der Waals surface area contributed by atoms with Gasteiger partial charge in [0, 0.05) is 12.4 Å². The van der Waals surface area contributed by atoms with Crippen LogP contribution < -0.4 is 10.6 Å². The predicted molar refractivity (Wildman–Crippen MR) is 71.5 cm³/mol. The van der Waals surface area contributed by atoms with Gasteiger partial charge in [0.05, 0.1) is 12.1 Å². The van der Waals surface area contributed by atoms with Gasteiger partial charge in [-0.1, -0.05) is 24.3 Å². The smallest absolute Gasteiger partial charge is 0.223 e. The van der Waals surface area contributed by atoms with E-state index in [9.17, 15) is 4.79 Å². The van der Waals surface area contributed by atoms with Gasteiger partial charge in [0.1, 0.15) is 0 Å². The second-order valence-electron chi connectivity index (χ2n) is 4.49. The van der Waals surface area contributed by atoms with Crippen LogP contribution in [0.4, 0.5) is 5.95 Å². The Labute approximate surface area is 111 Å². The summed E-state index contributed by atoms with van der Waals surface area (Å²) >= 11 is 0. The fourth-order valence-corrected chi connectivity index (χ4v) is 2.53. The quantitative estimate of drug-likeness (QED) is 0.807. The van der Waals surface area contributed by atoms with Crippen LogP contribution in [-0.4, -0.2) is 22.4 Å². The Kier molecular flexibility index (Phi) is 3.10. The molecule has 0 bridgehead atoms. The van der Waals surface area contributed by atoms with Gasteiger partial charge < -0.3 is 10.6 Å². The van der Waals surface area contributed by atoms with Gasteiger partial charge in [0.2, 0.25) is 12.4 Å². The van der Waals surface area contributed by atoms with Crippen LogP contribution >= 0.6 is 0 Å². The molecule has 0 fully saturated rings. The Balaban J connectivity index is 1.89. The van der Waals surface area contributed by atoms with Gasteiger partial charge in [-0.25, -0.2) is 9.97 Å². The topological polar surface area (TPSA) is 66.9 Å². The highest BCUT2D eigenvalue weighted by Crippen LogP contribution is 2.33. The van der Waals surface area contributed by atoms with Crippen molar-refractivity contribution >= 4 is 12.4 Å². The van der Waals surface area contributed by atoms with E-state index < -0.39 is 0 Å². The number of anilines is 1. The summed E-state index contributed by atoms with van der Waals surface area (Å²) in [4.78, 5) is 19.1. The third kappa shape index (κ3) is 2.27. The molecule has 5 heteroatoms. The number of hydrogen-bond acceptors (Lipinski definition) is 4. The summed E-state index contributed by atoms with van der Waals surface area (Å²) in [5, 5.41) is 6.15. The molecule has 0 aliphatic heterocycles. The molecule has 0 saturated heterocycles. The molecule has 1 aromatic heterocycles. The van der Waals surface area contributed by atoms with Crippen LogP contribution in [-0.2, 0) is 11.2 Å². The molecule has 0 saturated carbocycles. The number of carbonyl (C=O) groups is 1. The van der Waals surface area contributed by atoms with Gasteiger partial charge in [0.15, 0.2) is 0 Å². The van der Waals surface area contributed by atoms with Crippen molar-refractivity contribution in [1.82, 2.24) is 15.3 Å². The van der Waals surface area contributed by atoms with Gasteiger partial charge in [-0.2, -0.15) is 0 Å². The molecule has 5 nitrogen and oxygen atoms in total. The van der Waals surface area contributed by atoms with Crippen LogP contribution in [0.3, 0.4) is 0 Å². The normalized spacial score (nSPS) is 20.6. The van der Waals surface area contributed by atoms with E-state index in [4.69, 9.17) is 0 Å². The fourth-order valence-electron chi connectivity index (χ4n) is 2.53. The molecule has 3 rings (SSSR count). The van der Waals surface area contributed by atoms with Crippen molar-refractivity contribution in [3.63, 3.8) is 0 Å². The maximum Gasteiger partial charge on any atom is 0.223 e. The highest BCUT2D eigenvalue weighted by molar-refractivity contribution is 5.51. The first-order valence-electron chi connectivity index (χ1n) is 6.19. The average molecular weight is 254 g/mol. The molecule has 1 unspecified atom stereocenters. The molecule has 1 amide bonds. The summed E-state index contributed by atoms with van der Waals surface area (Å²) in [5.41, 5.74) is 2.43. The van der Waals surface area contributed by atoms with Crippen LogP contribution in [0.25, 0.3) is 0 Å². The minimum absolute atomic E-state index is 0.00352. The first kappa shape index (κ1) is 11.6. The van der Waals surface area contributed by atoms with Gasteiger partial charge in [-0.05, 0) is 23.6 Å². The van der Waals surface area contributed by atoms with Crippen molar-refractivity contribution in [3.05, 3.63) is 53.9 Å². The number of carbonyl (C=O) groups excluding carboxylic acids is 1. The molecule has 2 aromatic rings. The number of fused-ring (bicyclic) bond motifs is 1. The number of benzene rings is 1. The maximum absolute atomic E-state index is 10.7. The van der Waals surface area contributed by atoms with E-state index in [1.54, 1.807) is 18.5 Å². The molecule has 0 radical (unpaired) electrons. The first-order chi connectivity index (χ1) is 9.38. The molecule has 0 spiro atoms. The minimum Gasteiger partial charge on any atom is -0.353 e. The molecular weight excluding hydrogens is 240 g/mol. The van der Waals surface area contributed by atoms with E-state index in [1.165, 1.54) is 11.1 Å². The van der Waals surface area contributed by atoms with Gasteiger partial charge in [0.25, 0.3) is 0 Å². The molecular formula is C14H14N4O. The fraction of sp³-hybridized carbons (Fsp3) is 0.214. The Morgan fingerprint density at radius 1 is 1.16 bits per heavy atom. The Bertz CT molecular complexity index is 573. The minimum atomic E-state index is 0.00352. The standard InChI is InChI=1S/C14H14N4O/c19-9-17-12-8-10-4-1-2-5-11(10)13(12)18-14-15-6-3-7-16-14/h1-7,9,12-13H,8H2,(H,17,19)(H,15,16,18)/t12-,13?/m0/s1. The van der Waals surface area contributed by atoms with Gasteiger partial charge in [-0.15, -0.1) is 0 Å². The molecule has 1 aromatic carbocycles. The van der Waals surface area contributed by atoms with E-state index in [-0.39, 0.29) is 12.1 Å². The van der Waals surface area contributed by atoms with E-state index in [1.807, 2.05) is 12.1 Å². The second kappa shape index (κ2) is 5.06. The van der Waals surface area contributed by atoms with Crippen molar-refractivity contribution in [2.45, 2.75) is 18.5 Å². The van der Waals surface area contributed by atoms with Crippen molar-refractivity contribution in [2.24, 2.45) is 0 Å². The molecule has 1 aliphatic rings. The van der Waals surface area contributed by atoms with Gasteiger partial charge >= 0.3 is 0 Å². The van der Waals surface area contributed by atoms with Crippen LogP contribution in [0.15, 0.2) is 42.7 Å². The third-order valence-corrected chi connectivity index (χ3v) is 3.36. The third-order valence-electron chi connectivity index (χ3n) is 3.36. The second-order valence-corrected chi connectivity index (χ2v) is 4.49. The first-order valence-corrected chi connectivity index (χ1v) is 6.19. The molecule has 1 aliphatic carbocycles. The van der Waals surface area contributed by atoms with E-state index >= 15 is 0 Å². The monoisotopic (exact) mass is 254 g/mol. The lowest BCUT2D eigenvalue weighted by Crippen LogP contribution is -2.35. The average Bonchev–Trinajstić information content (AvgIpc) is 2.79. The van der Waals surface area contributed by atoms with Crippen LogP contribution in [0.2, 0.25) is 0 Å². The van der Waals surface area contributed by atoms with Crippen molar-refractivity contribution in [2.75, 3.05) is 5.32 Å². The number of amides is 1. The summed E-state index contributed by atoms with van der Waals surface area (Å²) < 4.78 is 0. The highest BCUT2D eigenvalue weighted by Gasteiger charge is 2.32. The molecule has 1 heterocycles. The Morgan fingerprint density at radius 2 is 1.95 bits per heavy atom. The lowest BCUT2D eigenvalue weighted by molar-refractivity contribution is -0.110. The Morgan fingerprint density at radius 3 is 2.74 bits per heavy atom. The molecule has 2 atom stereocenters. The largest absolute Gasteiger partial charge is 0.353 e. The number of aromatic nitrogens is 2. The summed E-state index contributed by atoms with van der Waals surface area (Å²) in [7, 11) is 0. The summed E-state index contributed by atoms with van der Waals surface area (Å²) in [6, 6.07) is 9.98. The van der Waals surface area contributed by atoms with E-state index in [0.717, 1.165) is 12.8 Å².